The van der Waals surface area contributed by atoms with E-state index in [1.807, 2.05) is 14.1 Å². The molecule has 1 N–H and O–H groups in total. The average Bonchev–Trinajstić information content (AvgIpc) is 2.68. The van der Waals surface area contributed by atoms with E-state index in [2.05, 4.69) is 18.4 Å². The molecule has 0 aromatic heterocycles. The highest BCUT2D eigenvalue weighted by Crippen LogP contribution is 2.56. The SMILES string of the molecule is C=C1[C@H](O)CC[C@]2(C)C[C@H]3OC(=O)[C@@H](CN(C)C)[C@H]3C[C@@H]12. The quantitative estimate of drug-likeness (QED) is 0.623. The van der Waals surface area contributed by atoms with Crippen LogP contribution in [-0.2, 0) is 9.53 Å². The number of nitrogens with zero attached hydrogens (tertiary/aromatic N) is 1. The predicted molar refractivity (Wildman–Crippen MR) is 80.6 cm³/mol. The van der Waals surface area contributed by atoms with Crippen molar-refractivity contribution in [3.05, 3.63) is 12.2 Å². The van der Waals surface area contributed by atoms with E-state index in [1.54, 1.807) is 0 Å². The van der Waals surface area contributed by atoms with Gasteiger partial charge in [0.25, 0.3) is 0 Å². The van der Waals surface area contributed by atoms with Crippen LogP contribution in [-0.4, -0.2) is 48.8 Å². The van der Waals surface area contributed by atoms with Gasteiger partial charge in [0.15, 0.2) is 0 Å². The van der Waals surface area contributed by atoms with E-state index in [0.29, 0.717) is 5.92 Å². The maximum absolute atomic E-state index is 12.2. The van der Waals surface area contributed by atoms with E-state index >= 15 is 0 Å². The maximum atomic E-state index is 12.2. The van der Waals surface area contributed by atoms with Crippen molar-refractivity contribution in [2.75, 3.05) is 20.6 Å². The first kappa shape index (κ1) is 15.0. The highest BCUT2D eigenvalue weighted by atomic mass is 16.6. The molecule has 0 unspecified atom stereocenters. The number of ether oxygens (including phenoxy) is 1. The van der Waals surface area contributed by atoms with Crippen LogP contribution in [0.3, 0.4) is 0 Å². The lowest BCUT2D eigenvalue weighted by Gasteiger charge is -2.51. The summed E-state index contributed by atoms with van der Waals surface area (Å²) in [4.78, 5) is 14.3. The van der Waals surface area contributed by atoms with Crippen LogP contribution < -0.4 is 0 Å². The molecule has 3 aliphatic rings. The van der Waals surface area contributed by atoms with Gasteiger partial charge in [0.05, 0.1) is 12.0 Å². The minimum absolute atomic E-state index is 0.0265. The van der Waals surface area contributed by atoms with Crippen molar-refractivity contribution in [2.45, 2.75) is 44.8 Å². The maximum Gasteiger partial charge on any atom is 0.310 e. The monoisotopic (exact) mass is 293 g/mol. The van der Waals surface area contributed by atoms with Crippen molar-refractivity contribution in [1.29, 1.82) is 0 Å². The molecule has 0 aromatic carbocycles. The summed E-state index contributed by atoms with van der Waals surface area (Å²) in [6.45, 7) is 7.18. The molecule has 3 rings (SSSR count). The number of hydrogen-bond acceptors (Lipinski definition) is 4. The van der Waals surface area contributed by atoms with Gasteiger partial charge >= 0.3 is 5.97 Å². The van der Waals surface area contributed by atoms with Crippen LogP contribution in [0, 0.1) is 23.2 Å². The lowest BCUT2D eigenvalue weighted by atomic mass is 9.54. The summed E-state index contributed by atoms with van der Waals surface area (Å²) in [6, 6.07) is 0. The van der Waals surface area contributed by atoms with Crippen molar-refractivity contribution < 1.29 is 14.6 Å². The summed E-state index contributed by atoms with van der Waals surface area (Å²) in [5.74, 6) is 0.537. The topological polar surface area (TPSA) is 49.8 Å². The first-order chi connectivity index (χ1) is 9.82. The van der Waals surface area contributed by atoms with Gasteiger partial charge in [-0.3, -0.25) is 4.79 Å². The van der Waals surface area contributed by atoms with E-state index in [0.717, 1.165) is 37.8 Å². The predicted octanol–water partition coefficient (Wildman–Crippen LogP) is 1.83. The molecule has 1 aliphatic heterocycles. The number of carbonyl (C=O) groups is 1. The Hall–Kier alpha value is -0.870. The van der Waals surface area contributed by atoms with Crippen molar-refractivity contribution in [1.82, 2.24) is 4.90 Å². The third-order valence-corrected chi connectivity index (χ3v) is 6.01. The van der Waals surface area contributed by atoms with E-state index < -0.39 is 0 Å². The second-order valence-electron chi connectivity index (χ2n) is 7.78. The number of rotatable bonds is 2. The zero-order valence-corrected chi connectivity index (χ0v) is 13.3. The normalized spacial score (nSPS) is 46.2. The Morgan fingerprint density at radius 2 is 2.19 bits per heavy atom. The number of esters is 1. The highest BCUT2D eigenvalue weighted by molar-refractivity contribution is 5.75. The van der Waals surface area contributed by atoms with E-state index in [1.165, 1.54) is 0 Å². The molecule has 118 valence electrons. The molecule has 1 heterocycles. The van der Waals surface area contributed by atoms with Crippen LogP contribution in [0.5, 0.6) is 0 Å². The zero-order valence-electron chi connectivity index (χ0n) is 13.3. The second kappa shape index (κ2) is 5.10. The van der Waals surface area contributed by atoms with Gasteiger partial charge in [-0.1, -0.05) is 13.5 Å². The van der Waals surface area contributed by atoms with Gasteiger partial charge < -0.3 is 14.7 Å². The Balaban J connectivity index is 1.84. The summed E-state index contributed by atoms with van der Waals surface area (Å²) in [5, 5.41) is 10.1. The molecule has 0 bridgehead atoms. The first-order valence-electron chi connectivity index (χ1n) is 8.04. The van der Waals surface area contributed by atoms with E-state index in [4.69, 9.17) is 4.74 Å². The zero-order chi connectivity index (χ0) is 15.4. The van der Waals surface area contributed by atoms with Crippen molar-refractivity contribution in [3.63, 3.8) is 0 Å². The minimum atomic E-state index is -0.370. The van der Waals surface area contributed by atoms with Crippen molar-refractivity contribution in [3.8, 4) is 0 Å². The molecule has 4 heteroatoms. The summed E-state index contributed by atoms with van der Waals surface area (Å²) < 4.78 is 5.70. The third-order valence-electron chi connectivity index (χ3n) is 6.01. The Kier molecular flexibility index (Phi) is 3.65. The number of aliphatic hydroxyl groups excluding tert-OH is 1. The number of aliphatic hydroxyl groups is 1. The van der Waals surface area contributed by atoms with Gasteiger partial charge in [0, 0.05) is 12.5 Å². The standard InChI is InChI=1S/C17H27NO3/c1-10-13-7-11-12(9-18(3)4)16(20)21-15(11)8-17(13,2)6-5-14(10)19/h11-15,19H,1,5-9H2,2-4H3/t11-,12+,13+,14-,15-,17-/m1/s1. The Morgan fingerprint density at radius 3 is 2.86 bits per heavy atom. The summed E-state index contributed by atoms with van der Waals surface area (Å²) in [6.07, 6.45) is 3.33. The fourth-order valence-electron chi connectivity index (χ4n) is 4.79. The number of fused-ring (bicyclic) bond motifs is 2. The second-order valence-corrected chi connectivity index (χ2v) is 7.78. The lowest BCUT2D eigenvalue weighted by Crippen LogP contribution is -2.47. The smallest absolute Gasteiger partial charge is 0.310 e. The number of hydrogen-bond donors (Lipinski definition) is 1. The Bertz CT molecular complexity index is 461. The van der Waals surface area contributed by atoms with E-state index in [9.17, 15) is 9.90 Å². The van der Waals surface area contributed by atoms with Crippen LogP contribution in [0.15, 0.2) is 12.2 Å². The molecule has 21 heavy (non-hydrogen) atoms. The van der Waals surface area contributed by atoms with Crippen LogP contribution in [0.2, 0.25) is 0 Å². The molecule has 6 atom stereocenters. The van der Waals surface area contributed by atoms with E-state index in [-0.39, 0.29) is 35.4 Å². The molecule has 3 fully saturated rings. The summed E-state index contributed by atoms with van der Waals surface area (Å²) >= 11 is 0. The van der Waals surface area contributed by atoms with Gasteiger partial charge in [-0.05, 0) is 56.7 Å². The van der Waals surface area contributed by atoms with Crippen molar-refractivity contribution in [2.24, 2.45) is 23.2 Å². The summed E-state index contributed by atoms with van der Waals surface area (Å²) in [5.41, 5.74) is 1.11. The van der Waals surface area contributed by atoms with Crippen LogP contribution in [0.25, 0.3) is 0 Å². The van der Waals surface area contributed by atoms with Gasteiger partial charge in [-0.15, -0.1) is 0 Å². The van der Waals surface area contributed by atoms with Crippen LogP contribution in [0.4, 0.5) is 0 Å². The van der Waals surface area contributed by atoms with Crippen molar-refractivity contribution >= 4 is 5.97 Å². The first-order valence-corrected chi connectivity index (χ1v) is 8.04. The van der Waals surface area contributed by atoms with Gasteiger partial charge in [0.2, 0.25) is 0 Å². The molecule has 0 spiro atoms. The molecular weight excluding hydrogens is 266 g/mol. The van der Waals surface area contributed by atoms with Crippen LogP contribution >= 0.6 is 0 Å². The number of carbonyl (C=O) groups excluding carboxylic acids is 1. The fourth-order valence-corrected chi connectivity index (χ4v) is 4.79. The molecule has 2 aliphatic carbocycles. The third kappa shape index (κ3) is 2.42. The lowest BCUT2D eigenvalue weighted by molar-refractivity contribution is -0.146. The van der Waals surface area contributed by atoms with Gasteiger partial charge in [-0.2, -0.15) is 0 Å². The molecule has 4 nitrogen and oxygen atoms in total. The average molecular weight is 293 g/mol. The fraction of sp³-hybridized carbons (Fsp3) is 0.824. The van der Waals surface area contributed by atoms with Gasteiger partial charge in [-0.25, -0.2) is 0 Å². The molecular formula is C17H27NO3. The highest BCUT2D eigenvalue weighted by Gasteiger charge is 2.56. The molecule has 0 radical (unpaired) electrons. The Morgan fingerprint density at radius 1 is 1.48 bits per heavy atom. The largest absolute Gasteiger partial charge is 0.462 e. The van der Waals surface area contributed by atoms with Crippen LogP contribution in [0.1, 0.15) is 32.6 Å². The molecule has 2 saturated carbocycles. The minimum Gasteiger partial charge on any atom is -0.462 e. The van der Waals surface area contributed by atoms with Gasteiger partial charge in [0.1, 0.15) is 6.10 Å². The molecule has 1 saturated heterocycles. The molecule has 0 aromatic rings. The summed E-state index contributed by atoms with van der Waals surface area (Å²) in [7, 11) is 3.99. The molecule has 0 amide bonds. The Labute approximate surface area is 127 Å².